The van der Waals surface area contributed by atoms with E-state index in [0.717, 1.165) is 22.9 Å². The van der Waals surface area contributed by atoms with Crippen LogP contribution in [0.25, 0.3) is 0 Å². The van der Waals surface area contributed by atoms with Gasteiger partial charge in [0.1, 0.15) is 6.07 Å². The molecule has 0 radical (unpaired) electrons. The molecule has 2 aliphatic heterocycles. The van der Waals surface area contributed by atoms with E-state index in [9.17, 15) is 20.6 Å². The second-order valence-electron chi connectivity index (χ2n) is 7.19. The molecule has 4 rings (SSSR count). The quantitative estimate of drug-likeness (QED) is 0.747. The summed E-state index contributed by atoms with van der Waals surface area (Å²) in [7, 11) is 0. The van der Waals surface area contributed by atoms with Crippen molar-refractivity contribution in [1.29, 1.82) is 15.8 Å². The van der Waals surface area contributed by atoms with E-state index in [0.29, 0.717) is 5.57 Å². The van der Waals surface area contributed by atoms with Crippen molar-refractivity contribution in [3.63, 3.8) is 0 Å². The number of allylic oxidation sites excluding steroid dienone is 2. The molecular formula is C21H15BrN4O. The van der Waals surface area contributed by atoms with E-state index in [2.05, 4.69) is 34.1 Å². The summed E-state index contributed by atoms with van der Waals surface area (Å²) in [6.07, 6.45) is 6.68. The normalized spacial score (nSPS) is 27.7. The largest absolute Gasteiger partial charge is 0.356 e. The van der Waals surface area contributed by atoms with Crippen molar-refractivity contribution >= 4 is 21.7 Å². The van der Waals surface area contributed by atoms with Gasteiger partial charge in [0.05, 0.1) is 29.8 Å². The number of hydrogen-bond acceptors (Lipinski definition) is 5. The van der Waals surface area contributed by atoms with E-state index < -0.39 is 23.4 Å². The molecule has 0 spiro atoms. The van der Waals surface area contributed by atoms with E-state index in [-0.39, 0.29) is 11.7 Å². The lowest BCUT2D eigenvalue weighted by atomic mass is 9.69. The maximum Gasteiger partial charge on any atom is 0.176 e. The lowest BCUT2D eigenvalue weighted by molar-refractivity contribution is -0.124. The number of fused-ring (bicyclic) bond motifs is 1. The smallest absolute Gasteiger partial charge is 0.176 e. The first-order valence-electron chi connectivity index (χ1n) is 8.75. The van der Waals surface area contributed by atoms with Crippen LogP contribution in [-0.2, 0) is 4.79 Å². The molecule has 1 saturated heterocycles. The minimum Gasteiger partial charge on any atom is -0.356 e. The molecule has 0 bridgehead atoms. The van der Waals surface area contributed by atoms with Crippen LogP contribution < -0.4 is 0 Å². The standard InChI is InChI=1S/C21H15BrN4O/c22-16-6-4-14(5-7-16)18-19(20(27)15-2-3-15)26-10-13(9-23)1-8-17(26)21(18,11-24)12-25/h1,4-8,10,15,17-19H,2-3H2/t17-,18+,19-/m1/s1. The maximum atomic E-state index is 13.2. The fourth-order valence-corrected chi connectivity index (χ4v) is 4.49. The highest BCUT2D eigenvalue weighted by atomic mass is 79.9. The molecule has 2 heterocycles. The molecule has 3 atom stereocenters. The molecule has 0 N–H and O–H groups in total. The third kappa shape index (κ3) is 2.59. The van der Waals surface area contributed by atoms with Crippen molar-refractivity contribution in [2.45, 2.75) is 30.8 Å². The van der Waals surface area contributed by atoms with Crippen molar-refractivity contribution in [2.24, 2.45) is 11.3 Å². The molecular weight excluding hydrogens is 404 g/mol. The zero-order chi connectivity index (χ0) is 19.2. The summed E-state index contributed by atoms with van der Waals surface area (Å²) in [5, 5.41) is 29.5. The number of Topliss-reactive ketones (excluding diaryl/α,β-unsaturated/α-hetero) is 1. The molecule has 0 aromatic heterocycles. The number of nitriles is 3. The van der Waals surface area contributed by atoms with Crippen molar-refractivity contribution in [1.82, 2.24) is 4.90 Å². The van der Waals surface area contributed by atoms with E-state index >= 15 is 0 Å². The first-order chi connectivity index (χ1) is 13.1. The van der Waals surface area contributed by atoms with Crippen LogP contribution in [0.4, 0.5) is 0 Å². The number of halogens is 1. The SMILES string of the molecule is N#CC1=CN2[C@@H](C(=O)C3CC3)[C@H](c3ccc(Br)cc3)C(C#N)(C#N)[C@H]2C=C1. The van der Waals surface area contributed by atoms with Crippen molar-refractivity contribution in [3.8, 4) is 18.2 Å². The first-order valence-corrected chi connectivity index (χ1v) is 9.54. The van der Waals surface area contributed by atoms with E-state index in [1.165, 1.54) is 0 Å². The highest BCUT2D eigenvalue weighted by Crippen LogP contribution is 2.54. The molecule has 1 aromatic rings. The molecule has 5 nitrogen and oxygen atoms in total. The number of nitrogens with zero attached hydrogens (tertiary/aromatic N) is 4. The Morgan fingerprint density at radius 1 is 1.15 bits per heavy atom. The van der Waals surface area contributed by atoms with Crippen LogP contribution in [0, 0.1) is 45.3 Å². The number of carbonyl (C=O) groups is 1. The van der Waals surface area contributed by atoms with Crippen LogP contribution >= 0.6 is 15.9 Å². The van der Waals surface area contributed by atoms with Gasteiger partial charge in [0.2, 0.25) is 0 Å². The van der Waals surface area contributed by atoms with Gasteiger partial charge in [-0.2, -0.15) is 15.8 Å². The topological polar surface area (TPSA) is 91.7 Å². The molecule has 0 amide bonds. The van der Waals surface area contributed by atoms with Gasteiger partial charge in [-0.15, -0.1) is 0 Å². The van der Waals surface area contributed by atoms with Crippen LogP contribution in [0.15, 0.2) is 52.7 Å². The second-order valence-corrected chi connectivity index (χ2v) is 8.11. The van der Waals surface area contributed by atoms with Crippen molar-refractivity contribution in [3.05, 3.63) is 58.2 Å². The fraction of sp³-hybridized carbons (Fsp3) is 0.333. The average Bonchev–Trinajstić information content (AvgIpc) is 3.50. The summed E-state index contributed by atoms with van der Waals surface area (Å²) < 4.78 is 0.887. The number of benzene rings is 1. The van der Waals surface area contributed by atoms with Gasteiger partial charge in [0.25, 0.3) is 0 Å². The van der Waals surface area contributed by atoms with Crippen molar-refractivity contribution in [2.75, 3.05) is 0 Å². The highest BCUT2D eigenvalue weighted by molar-refractivity contribution is 9.10. The van der Waals surface area contributed by atoms with E-state index in [1.807, 2.05) is 24.3 Å². The Labute approximate surface area is 165 Å². The number of hydrogen-bond donors (Lipinski definition) is 0. The molecule has 1 saturated carbocycles. The molecule has 0 unspecified atom stereocenters. The van der Waals surface area contributed by atoms with Crippen LogP contribution in [0.2, 0.25) is 0 Å². The van der Waals surface area contributed by atoms with Gasteiger partial charge in [-0.05, 0) is 36.6 Å². The molecule has 1 aromatic carbocycles. The van der Waals surface area contributed by atoms with Gasteiger partial charge < -0.3 is 4.90 Å². The van der Waals surface area contributed by atoms with Crippen molar-refractivity contribution < 1.29 is 4.79 Å². The van der Waals surface area contributed by atoms with E-state index in [4.69, 9.17) is 0 Å². The molecule has 2 fully saturated rings. The van der Waals surface area contributed by atoms with Crippen LogP contribution in [0.1, 0.15) is 24.3 Å². The zero-order valence-electron chi connectivity index (χ0n) is 14.3. The predicted molar refractivity (Wildman–Crippen MR) is 101 cm³/mol. The van der Waals surface area contributed by atoms with Crippen LogP contribution in [-0.4, -0.2) is 22.8 Å². The minimum absolute atomic E-state index is 0.0216. The maximum absolute atomic E-state index is 13.2. The molecule has 1 aliphatic carbocycles. The Bertz CT molecular complexity index is 971. The molecule has 3 aliphatic rings. The van der Waals surface area contributed by atoms with Gasteiger partial charge in [-0.25, -0.2) is 0 Å². The summed E-state index contributed by atoms with van der Waals surface area (Å²) >= 11 is 3.41. The third-order valence-electron chi connectivity index (χ3n) is 5.66. The monoisotopic (exact) mass is 418 g/mol. The van der Waals surface area contributed by atoms with Gasteiger partial charge in [0, 0.05) is 22.5 Å². The number of rotatable bonds is 3. The van der Waals surface area contributed by atoms with Crippen LogP contribution in [0.3, 0.4) is 0 Å². The Kier molecular flexibility index (Phi) is 4.14. The molecule has 6 heteroatoms. The summed E-state index contributed by atoms with van der Waals surface area (Å²) in [5.74, 6) is -0.548. The lowest BCUT2D eigenvalue weighted by Crippen LogP contribution is -2.40. The Morgan fingerprint density at radius 2 is 1.81 bits per heavy atom. The molecule has 132 valence electrons. The second kappa shape index (κ2) is 6.38. The lowest BCUT2D eigenvalue weighted by Gasteiger charge is -2.30. The van der Waals surface area contributed by atoms with Crippen LogP contribution in [0.5, 0.6) is 0 Å². The predicted octanol–water partition coefficient (Wildman–Crippen LogP) is 3.58. The fourth-order valence-electron chi connectivity index (χ4n) is 4.22. The minimum atomic E-state index is -1.41. The summed E-state index contributed by atoms with van der Waals surface area (Å²) in [6, 6.07) is 12.8. The average molecular weight is 419 g/mol. The van der Waals surface area contributed by atoms with Gasteiger partial charge >= 0.3 is 0 Å². The van der Waals surface area contributed by atoms with Gasteiger partial charge in [-0.3, -0.25) is 4.79 Å². The summed E-state index contributed by atoms with van der Waals surface area (Å²) in [4.78, 5) is 15.0. The third-order valence-corrected chi connectivity index (χ3v) is 6.19. The zero-order valence-corrected chi connectivity index (χ0v) is 15.9. The number of carbonyl (C=O) groups excluding carboxylic acids is 1. The van der Waals surface area contributed by atoms with E-state index in [1.54, 1.807) is 23.3 Å². The summed E-state index contributed by atoms with van der Waals surface area (Å²) in [5.41, 5.74) is -0.201. The van der Waals surface area contributed by atoms with Gasteiger partial charge in [0.15, 0.2) is 11.2 Å². The number of ketones is 1. The Hall–Kier alpha value is -2.88. The Morgan fingerprint density at radius 3 is 2.37 bits per heavy atom. The summed E-state index contributed by atoms with van der Waals surface area (Å²) in [6.45, 7) is 0. The van der Waals surface area contributed by atoms with Gasteiger partial charge in [-0.1, -0.05) is 34.1 Å². The molecule has 27 heavy (non-hydrogen) atoms. The highest BCUT2D eigenvalue weighted by Gasteiger charge is 2.63. The Balaban J connectivity index is 1.92. The first kappa shape index (κ1) is 17.5.